The summed E-state index contributed by atoms with van der Waals surface area (Å²) in [5.74, 6) is 0.329. The first-order valence-corrected chi connectivity index (χ1v) is 8.25. The van der Waals surface area contributed by atoms with Crippen LogP contribution < -0.4 is 9.64 Å². The molecule has 1 amide bonds. The zero-order valence-electron chi connectivity index (χ0n) is 15.1. The molecule has 0 aromatic carbocycles. The van der Waals surface area contributed by atoms with Crippen LogP contribution in [0.3, 0.4) is 0 Å². The van der Waals surface area contributed by atoms with E-state index in [9.17, 15) is 20.0 Å². The second kappa shape index (κ2) is 7.85. The van der Waals surface area contributed by atoms with Crippen LogP contribution in [0.15, 0.2) is 10.5 Å². The molecular weight excluding hydrogens is 396 g/mol. The number of pyridine rings is 1. The van der Waals surface area contributed by atoms with Crippen LogP contribution in [-0.2, 0) is 0 Å². The van der Waals surface area contributed by atoms with Crippen molar-refractivity contribution in [1.82, 2.24) is 9.88 Å². The van der Waals surface area contributed by atoms with Gasteiger partial charge in [-0.3, -0.25) is 10.1 Å². The van der Waals surface area contributed by atoms with E-state index in [1.54, 1.807) is 11.9 Å². The third kappa shape index (κ3) is 4.94. The highest BCUT2D eigenvalue weighted by molar-refractivity contribution is 9.10. The van der Waals surface area contributed by atoms with E-state index in [4.69, 9.17) is 4.74 Å². The minimum absolute atomic E-state index is 0.103. The Balaban J connectivity index is 3.35. The van der Waals surface area contributed by atoms with Crippen molar-refractivity contribution < 1.29 is 19.6 Å². The molecule has 0 bridgehead atoms. The second-order valence-corrected chi connectivity index (χ2v) is 7.59. The van der Waals surface area contributed by atoms with Crippen LogP contribution in [0.4, 0.5) is 16.3 Å². The molecule has 1 rings (SSSR count). The Kier molecular flexibility index (Phi) is 6.58. The lowest BCUT2D eigenvalue weighted by Crippen LogP contribution is -2.50. The number of hydrogen-bond acceptors (Lipinski definition) is 6. The number of ether oxygens (including phenoxy) is 1. The Morgan fingerprint density at radius 3 is 2.44 bits per heavy atom. The number of nitrogens with zero attached hydrogens (tertiary/aromatic N) is 4. The van der Waals surface area contributed by atoms with E-state index in [1.165, 1.54) is 25.1 Å². The van der Waals surface area contributed by atoms with Gasteiger partial charge in [0.05, 0.1) is 22.5 Å². The largest absolute Gasteiger partial charge is 0.476 e. The lowest BCUT2D eigenvalue weighted by molar-refractivity contribution is -0.386. The van der Waals surface area contributed by atoms with Gasteiger partial charge in [-0.25, -0.2) is 4.79 Å². The van der Waals surface area contributed by atoms with Crippen molar-refractivity contribution in [1.29, 1.82) is 0 Å². The highest BCUT2D eigenvalue weighted by atomic mass is 79.9. The highest BCUT2D eigenvalue weighted by Gasteiger charge is 2.33. The summed E-state index contributed by atoms with van der Waals surface area (Å²) < 4.78 is 5.46. The van der Waals surface area contributed by atoms with Crippen LogP contribution in [0.2, 0.25) is 0 Å². The fourth-order valence-electron chi connectivity index (χ4n) is 2.44. The minimum Gasteiger partial charge on any atom is -0.476 e. The van der Waals surface area contributed by atoms with Gasteiger partial charge in [0.15, 0.2) is 0 Å². The molecule has 0 aliphatic heterocycles. The molecule has 1 aromatic heterocycles. The van der Waals surface area contributed by atoms with Crippen LogP contribution in [0.25, 0.3) is 0 Å². The summed E-state index contributed by atoms with van der Waals surface area (Å²) in [7, 11) is 4.57. The Labute approximate surface area is 154 Å². The molecule has 0 saturated heterocycles. The lowest BCUT2D eigenvalue weighted by Gasteiger charge is -2.40. The van der Waals surface area contributed by atoms with Crippen molar-refractivity contribution in [2.24, 2.45) is 5.41 Å². The van der Waals surface area contributed by atoms with Gasteiger partial charge in [0, 0.05) is 26.7 Å². The molecule has 9 nitrogen and oxygen atoms in total. The smallest absolute Gasteiger partial charge is 0.407 e. The molecule has 0 saturated carbocycles. The van der Waals surface area contributed by atoms with Crippen LogP contribution in [0, 0.1) is 15.5 Å². The average Bonchev–Trinajstić information content (AvgIpc) is 2.49. The number of carbonyl (C=O) groups is 1. The van der Waals surface area contributed by atoms with Crippen LogP contribution in [0.1, 0.15) is 20.8 Å². The van der Waals surface area contributed by atoms with Crippen molar-refractivity contribution in [3.63, 3.8) is 0 Å². The van der Waals surface area contributed by atoms with Crippen molar-refractivity contribution in [2.45, 2.75) is 26.8 Å². The van der Waals surface area contributed by atoms with E-state index >= 15 is 0 Å². The number of halogens is 1. The van der Waals surface area contributed by atoms with E-state index in [0.29, 0.717) is 10.3 Å². The zero-order valence-corrected chi connectivity index (χ0v) is 16.7. The van der Waals surface area contributed by atoms with Gasteiger partial charge < -0.3 is 19.6 Å². The molecule has 1 heterocycles. The number of amides is 1. The van der Waals surface area contributed by atoms with E-state index in [2.05, 4.69) is 20.9 Å². The number of anilines is 1. The van der Waals surface area contributed by atoms with Crippen LogP contribution >= 0.6 is 15.9 Å². The third-order valence-electron chi connectivity index (χ3n) is 3.87. The SMILES string of the molecule is COc1nc(N(C)C(CN(C)C(=O)O)C(C)(C)C)c(Br)cc1[N+](=O)[O-]. The number of likely N-dealkylation sites (N-methyl/N-ethyl adjacent to an activating group) is 2. The summed E-state index contributed by atoms with van der Waals surface area (Å²) in [4.78, 5) is 29.0. The summed E-state index contributed by atoms with van der Waals surface area (Å²) in [6.07, 6.45) is -1.03. The maximum absolute atomic E-state index is 11.2. The van der Waals surface area contributed by atoms with Gasteiger partial charge in [0.1, 0.15) is 5.82 Å². The Morgan fingerprint density at radius 2 is 2.04 bits per heavy atom. The van der Waals surface area contributed by atoms with Gasteiger partial charge in [0.25, 0.3) is 5.88 Å². The van der Waals surface area contributed by atoms with Gasteiger partial charge in [-0.15, -0.1) is 0 Å². The molecule has 1 N–H and O–H groups in total. The van der Waals surface area contributed by atoms with Crippen molar-refractivity contribution in [2.75, 3.05) is 32.6 Å². The average molecular weight is 419 g/mol. The Hall–Kier alpha value is -2.10. The number of aromatic nitrogens is 1. The summed E-state index contributed by atoms with van der Waals surface area (Å²) in [5, 5.41) is 20.3. The van der Waals surface area contributed by atoms with Crippen molar-refractivity contribution >= 4 is 33.5 Å². The van der Waals surface area contributed by atoms with E-state index in [1.807, 2.05) is 20.8 Å². The Bertz CT molecular complexity index is 662. The Morgan fingerprint density at radius 1 is 1.48 bits per heavy atom. The molecule has 0 radical (unpaired) electrons. The standard InChI is InChI=1S/C15H23BrN4O5/c1-15(2,3)11(8-18(4)14(21)22)19(5)12-9(16)7-10(20(23)24)13(17-12)25-6/h7,11H,8H2,1-6H3,(H,21,22). The van der Waals surface area contributed by atoms with Crippen LogP contribution in [0.5, 0.6) is 5.88 Å². The predicted molar refractivity (Wildman–Crippen MR) is 97.4 cm³/mol. The molecule has 1 unspecified atom stereocenters. The van der Waals surface area contributed by atoms with Crippen molar-refractivity contribution in [3.05, 3.63) is 20.7 Å². The molecule has 1 atom stereocenters. The first-order chi connectivity index (χ1) is 11.4. The number of carboxylic acid groups (broad SMARTS) is 1. The van der Waals surface area contributed by atoms with Gasteiger partial charge in [0.2, 0.25) is 0 Å². The fraction of sp³-hybridized carbons (Fsp3) is 0.600. The van der Waals surface area contributed by atoms with Crippen molar-refractivity contribution in [3.8, 4) is 5.88 Å². The monoisotopic (exact) mass is 418 g/mol. The summed E-state index contributed by atoms with van der Waals surface area (Å²) >= 11 is 3.32. The van der Waals surface area contributed by atoms with Gasteiger partial charge >= 0.3 is 11.8 Å². The van der Waals surface area contributed by atoms with Crippen LogP contribution in [-0.4, -0.2) is 59.8 Å². The molecule has 25 heavy (non-hydrogen) atoms. The molecule has 0 fully saturated rings. The minimum atomic E-state index is -1.03. The zero-order chi connectivity index (χ0) is 19.5. The number of hydrogen-bond donors (Lipinski definition) is 1. The summed E-state index contributed by atoms with van der Waals surface area (Å²) in [5.41, 5.74) is -0.532. The van der Waals surface area contributed by atoms with Gasteiger partial charge in [-0.2, -0.15) is 4.98 Å². The molecule has 10 heteroatoms. The van der Waals surface area contributed by atoms with Gasteiger partial charge in [-0.05, 0) is 21.3 Å². The molecular formula is C15H23BrN4O5. The summed E-state index contributed by atoms with van der Waals surface area (Å²) in [6.45, 7) is 6.20. The second-order valence-electron chi connectivity index (χ2n) is 6.74. The van der Waals surface area contributed by atoms with E-state index in [-0.39, 0.29) is 29.6 Å². The third-order valence-corrected chi connectivity index (χ3v) is 4.45. The number of rotatable bonds is 6. The molecule has 0 aliphatic rings. The topological polar surface area (TPSA) is 109 Å². The first kappa shape index (κ1) is 20.9. The van der Waals surface area contributed by atoms with Gasteiger partial charge in [-0.1, -0.05) is 20.8 Å². The maximum Gasteiger partial charge on any atom is 0.407 e. The first-order valence-electron chi connectivity index (χ1n) is 7.46. The quantitative estimate of drug-likeness (QED) is 0.557. The molecule has 0 spiro atoms. The molecule has 1 aromatic rings. The van der Waals surface area contributed by atoms with E-state index < -0.39 is 11.0 Å². The molecule has 0 aliphatic carbocycles. The van der Waals surface area contributed by atoms with E-state index in [0.717, 1.165) is 0 Å². The molecule has 140 valence electrons. The highest BCUT2D eigenvalue weighted by Crippen LogP contribution is 2.37. The number of nitro groups is 1. The normalized spacial score (nSPS) is 12.4. The maximum atomic E-state index is 11.2. The lowest BCUT2D eigenvalue weighted by atomic mass is 9.85. The predicted octanol–water partition coefficient (Wildman–Crippen LogP) is 3.22. The fourth-order valence-corrected chi connectivity index (χ4v) is 3.03. The number of methoxy groups -OCH3 is 1. The summed E-state index contributed by atoms with van der Waals surface area (Å²) in [6, 6.07) is 1.10.